The van der Waals surface area contributed by atoms with Gasteiger partial charge < -0.3 is 9.84 Å². The maximum absolute atomic E-state index is 13.4. The summed E-state index contributed by atoms with van der Waals surface area (Å²) in [5, 5.41) is 14.7. The number of aromatic nitrogens is 2. The van der Waals surface area contributed by atoms with E-state index in [4.69, 9.17) is 4.74 Å². The van der Waals surface area contributed by atoms with Crippen molar-refractivity contribution in [1.82, 2.24) is 9.78 Å². The molecule has 20 heavy (non-hydrogen) atoms. The molecule has 1 aromatic heterocycles. The second-order valence-electron chi connectivity index (χ2n) is 4.50. The number of hydrogen-bond donors (Lipinski definition) is 1. The number of aliphatic hydroxyl groups excluding tert-OH is 1. The van der Waals surface area contributed by atoms with Crippen LogP contribution in [0, 0.1) is 12.7 Å². The van der Waals surface area contributed by atoms with Gasteiger partial charge in [-0.2, -0.15) is 5.10 Å². The molecular formula is C14H16BrFN2O2. The highest BCUT2D eigenvalue weighted by atomic mass is 79.9. The largest absolute Gasteiger partial charge is 0.383 e. The van der Waals surface area contributed by atoms with Crippen LogP contribution < -0.4 is 0 Å². The number of rotatable bonds is 5. The molecule has 0 bridgehead atoms. The lowest BCUT2D eigenvalue weighted by Crippen LogP contribution is -2.14. The van der Waals surface area contributed by atoms with Crippen LogP contribution in [0.2, 0.25) is 0 Å². The lowest BCUT2D eigenvalue weighted by molar-refractivity contribution is 0.170. The van der Waals surface area contributed by atoms with E-state index in [0.29, 0.717) is 28.9 Å². The molecule has 4 nitrogen and oxygen atoms in total. The molecule has 1 heterocycles. The molecular weight excluding hydrogens is 327 g/mol. The Balaban J connectivity index is 2.39. The van der Waals surface area contributed by atoms with Gasteiger partial charge >= 0.3 is 0 Å². The fraction of sp³-hybridized carbons (Fsp3) is 0.357. The van der Waals surface area contributed by atoms with Crippen molar-refractivity contribution >= 4 is 15.9 Å². The zero-order valence-corrected chi connectivity index (χ0v) is 12.9. The van der Waals surface area contributed by atoms with Crippen LogP contribution in [0.25, 0.3) is 0 Å². The lowest BCUT2D eigenvalue weighted by atomic mass is 10.0. The maximum Gasteiger partial charge on any atom is 0.123 e. The number of nitrogens with zero attached hydrogens (tertiary/aromatic N) is 2. The Labute approximate surface area is 125 Å². The van der Waals surface area contributed by atoms with E-state index in [-0.39, 0.29) is 5.82 Å². The fourth-order valence-electron chi connectivity index (χ4n) is 2.05. The molecule has 0 saturated heterocycles. The van der Waals surface area contributed by atoms with Crippen molar-refractivity contribution in [3.05, 3.63) is 51.5 Å². The molecule has 1 atom stereocenters. The molecule has 2 rings (SSSR count). The van der Waals surface area contributed by atoms with Crippen molar-refractivity contribution < 1.29 is 14.2 Å². The Hall–Kier alpha value is -1.24. The van der Waals surface area contributed by atoms with Gasteiger partial charge in [-0.05, 0) is 46.1 Å². The van der Waals surface area contributed by atoms with Gasteiger partial charge in [-0.3, -0.25) is 4.68 Å². The second kappa shape index (κ2) is 6.47. The first kappa shape index (κ1) is 15.2. The zero-order valence-electron chi connectivity index (χ0n) is 11.3. The molecule has 0 aliphatic heterocycles. The molecule has 0 spiro atoms. The Kier molecular flexibility index (Phi) is 4.91. The minimum absolute atomic E-state index is 0.372. The van der Waals surface area contributed by atoms with E-state index < -0.39 is 6.10 Å². The summed E-state index contributed by atoms with van der Waals surface area (Å²) in [5.74, 6) is -0.372. The number of aryl methyl sites for hydroxylation is 1. The summed E-state index contributed by atoms with van der Waals surface area (Å²) >= 11 is 3.37. The van der Waals surface area contributed by atoms with Gasteiger partial charge in [0, 0.05) is 7.11 Å². The summed E-state index contributed by atoms with van der Waals surface area (Å²) in [7, 11) is 1.60. The van der Waals surface area contributed by atoms with Crippen molar-refractivity contribution in [1.29, 1.82) is 0 Å². The lowest BCUT2D eigenvalue weighted by Gasteiger charge is -2.16. The van der Waals surface area contributed by atoms with Crippen molar-refractivity contribution in [3.63, 3.8) is 0 Å². The van der Waals surface area contributed by atoms with Gasteiger partial charge in [-0.15, -0.1) is 0 Å². The molecule has 2 aromatic rings. The zero-order chi connectivity index (χ0) is 14.7. The summed E-state index contributed by atoms with van der Waals surface area (Å²) < 4.78 is 20.7. The highest BCUT2D eigenvalue weighted by Crippen LogP contribution is 2.30. The normalized spacial score (nSPS) is 12.7. The highest BCUT2D eigenvalue weighted by Gasteiger charge is 2.21. The molecule has 0 radical (unpaired) electrons. The topological polar surface area (TPSA) is 47.3 Å². The van der Waals surface area contributed by atoms with Gasteiger partial charge in [-0.1, -0.05) is 6.07 Å². The van der Waals surface area contributed by atoms with E-state index in [1.807, 2.05) is 6.92 Å². The van der Waals surface area contributed by atoms with Gasteiger partial charge in [0.05, 0.1) is 29.5 Å². The minimum Gasteiger partial charge on any atom is -0.383 e. The van der Waals surface area contributed by atoms with Crippen LogP contribution in [0.15, 0.2) is 28.9 Å². The summed E-state index contributed by atoms with van der Waals surface area (Å²) in [5.41, 5.74) is 1.95. The minimum atomic E-state index is -0.945. The van der Waals surface area contributed by atoms with Crippen molar-refractivity contribution in [3.8, 4) is 0 Å². The first-order valence-corrected chi connectivity index (χ1v) is 6.98. The van der Waals surface area contributed by atoms with Gasteiger partial charge in [0.15, 0.2) is 0 Å². The molecule has 1 unspecified atom stereocenters. The van der Waals surface area contributed by atoms with Crippen LogP contribution in [0.4, 0.5) is 4.39 Å². The average Bonchev–Trinajstić information content (AvgIpc) is 2.79. The molecule has 108 valence electrons. The quantitative estimate of drug-likeness (QED) is 0.908. The summed E-state index contributed by atoms with van der Waals surface area (Å²) in [6, 6.07) is 4.38. The molecule has 6 heteroatoms. The van der Waals surface area contributed by atoms with Crippen molar-refractivity contribution in [2.75, 3.05) is 13.7 Å². The van der Waals surface area contributed by atoms with Gasteiger partial charge in [0.25, 0.3) is 0 Å². The SMILES string of the molecule is COCCn1ncc(Br)c1C(O)c1cc(F)ccc1C. The summed E-state index contributed by atoms with van der Waals surface area (Å²) in [4.78, 5) is 0. The second-order valence-corrected chi connectivity index (χ2v) is 5.35. The fourth-order valence-corrected chi connectivity index (χ4v) is 2.57. The standard InChI is InChI=1S/C14H16BrFN2O2/c1-9-3-4-10(16)7-11(9)14(19)13-12(15)8-17-18(13)5-6-20-2/h3-4,7-8,14,19H,5-6H2,1-2H3. The summed E-state index contributed by atoms with van der Waals surface area (Å²) in [6.07, 6.45) is 0.669. The Morgan fingerprint density at radius 3 is 2.95 bits per heavy atom. The van der Waals surface area contributed by atoms with E-state index in [0.717, 1.165) is 5.56 Å². The Morgan fingerprint density at radius 1 is 1.50 bits per heavy atom. The van der Waals surface area contributed by atoms with Crippen LogP contribution in [0.3, 0.4) is 0 Å². The maximum atomic E-state index is 13.4. The predicted octanol–water partition coefficient (Wildman–Crippen LogP) is 2.82. The van der Waals surface area contributed by atoms with E-state index >= 15 is 0 Å². The van der Waals surface area contributed by atoms with E-state index in [9.17, 15) is 9.50 Å². The van der Waals surface area contributed by atoms with Gasteiger partial charge in [0.2, 0.25) is 0 Å². The molecule has 0 fully saturated rings. The third-order valence-corrected chi connectivity index (χ3v) is 3.75. The molecule has 1 N–H and O–H groups in total. The van der Waals surface area contributed by atoms with E-state index in [1.54, 1.807) is 24.1 Å². The molecule has 0 aliphatic rings. The van der Waals surface area contributed by atoms with Crippen LogP contribution >= 0.6 is 15.9 Å². The number of benzene rings is 1. The van der Waals surface area contributed by atoms with Crippen LogP contribution in [0.5, 0.6) is 0 Å². The Bertz CT molecular complexity index is 601. The number of halogens is 2. The van der Waals surface area contributed by atoms with Crippen LogP contribution in [-0.4, -0.2) is 28.6 Å². The van der Waals surface area contributed by atoms with Gasteiger partial charge in [-0.25, -0.2) is 4.39 Å². The van der Waals surface area contributed by atoms with Crippen LogP contribution in [0.1, 0.15) is 22.9 Å². The molecule has 0 amide bonds. The average molecular weight is 343 g/mol. The van der Waals surface area contributed by atoms with Crippen molar-refractivity contribution in [2.24, 2.45) is 0 Å². The first-order valence-electron chi connectivity index (χ1n) is 6.19. The molecule has 0 saturated carbocycles. The smallest absolute Gasteiger partial charge is 0.123 e. The van der Waals surface area contributed by atoms with Crippen LogP contribution in [-0.2, 0) is 11.3 Å². The predicted molar refractivity (Wildman–Crippen MR) is 77.0 cm³/mol. The van der Waals surface area contributed by atoms with E-state index in [2.05, 4.69) is 21.0 Å². The first-order chi connectivity index (χ1) is 9.54. The third kappa shape index (κ3) is 3.08. The number of aliphatic hydroxyl groups is 1. The molecule has 0 aliphatic carbocycles. The summed E-state index contributed by atoms with van der Waals surface area (Å²) in [6.45, 7) is 2.83. The third-order valence-electron chi connectivity index (χ3n) is 3.14. The monoisotopic (exact) mass is 342 g/mol. The van der Waals surface area contributed by atoms with E-state index in [1.165, 1.54) is 12.1 Å². The Morgan fingerprint density at radius 2 is 2.25 bits per heavy atom. The number of methoxy groups -OCH3 is 1. The van der Waals surface area contributed by atoms with Crippen molar-refractivity contribution in [2.45, 2.75) is 19.6 Å². The number of ether oxygens (including phenoxy) is 1. The highest BCUT2D eigenvalue weighted by molar-refractivity contribution is 9.10. The molecule has 1 aromatic carbocycles. The number of hydrogen-bond acceptors (Lipinski definition) is 3. The van der Waals surface area contributed by atoms with Gasteiger partial charge in [0.1, 0.15) is 11.9 Å².